The first-order valence-corrected chi connectivity index (χ1v) is 9.23. The van der Waals surface area contributed by atoms with Crippen LogP contribution >= 0.6 is 24.0 Å². The Kier molecular flexibility index (Phi) is 10.8. The molecular weight excluding hydrogens is 483 g/mol. The molecule has 0 amide bonds. The molecule has 9 heteroatoms. The molecule has 1 fully saturated rings. The topological polar surface area (TPSA) is 64.1 Å². The predicted octanol–water partition coefficient (Wildman–Crippen LogP) is 3.58. The molecule has 2 rings (SSSR count). The van der Waals surface area contributed by atoms with Crippen LogP contribution in [-0.2, 0) is 11.2 Å². The fourth-order valence-electron chi connectivity index (χ4n) is 2.94. The minimum atomic E-state index is -2.89. The number of nitrogens with zero attached hydrogens (tertiary/aromatic N) is 1. The maximum absolute atomic E-state index is 12.5. The van der Waals surface area contributed by atoms with Crippen LogP contribution in [0.25, 0.3) is 0 Å². The normalized spacial score (nSPS) is 19.3. The van der Waals surface area contributed by atoms with E-state index in [0.717, 1.165) is 31.6 Å². The minimum Gasteiger partial charge on any atom is -0.493 e. The molecule has 1 atom stereocenters. The van der Waals surface area contributed by atoms with Crippen LogP contribution in [0.2, 0.25) is 0 Å². The van der Waals surface area contributed by atoms with Crippen molar-refractivity contribution in [3.05, 3.63) is 23.8 Å². The Labute approximate surface area is 182 Å². The molecule has 1 aliphatic heterocycles. The van der Waals surface area contributed by atoms with E-state index in [1.165, 1.54) is 7.11 Å². The number of nitrogens with one attached hydrogen (secondary N) is 2. The highest BCUT2D eigenvalue weighted by molar-refractivity contribution is 14.0. The van der Waals surface area contributed by atoms with Crippen molar-refractivity contribution in [2.75, 3.05) is 33.4 Å². The molecule has 0 bridgehead atoms. The van der Waals surface area contributed by atoms with E-state index in [-0.39, 0.29) is 41.1 Å². The van der Waals surface area contributed by atoms with Crippen molar-refractivity contribution in [3.8, 4) is 11.5 Å². The van der Waals surface area contributed by atoms with Gasteiger partial charge in [0.15, 0.2) is 17.5 Å². The van der Waals surface area contributed by atoms with Gasteiger partial charge in [-0.15, -0.1) is 24.0 Å². The number of ether oxygens (including phenoxy) is 3. The molecule has 0 aromatic heterocycles. The van der Waals surface area contributed by atoms with Crippen molar-refractivity contribution in [2.24, 2.45) is 4.99 Å². The van der Waals surface area contributed by atoms with Gasteiger partial charge in [-0.05, 0) is 50.8 Å². The molecule has 160 valence electrons. The van der Waals surface area contributed by atoms with Crippen LogP contribution in [0.3, 0.4) is 0 Å². The van der Waals surface area contributed by atoms with E-state index in [4.69, 9.17) is 9.47 Å². The summed E-state index contributed by atoms with van der Waals surface area (Å²) >= 11 is 0. The van der Waals surface area contributed by atoms with Crippen LogP contribution in [-0.4, -0.2) is 51.5 Å². The third-order valence-corrected chi connectivity index (χ3v) is 4.37. The molecule has 2 N–H and O–H groups in total. The quantitative estimate of drug-likeness (QED) is 0.301. The fourth-order valence-corrected chi connectivity index (χ4v) is 2.94. The summed E-state index contributed by atoms with van der Waals surface area (Å²) in [6, 6.07) is 5.03. The lowest BCUT2D eigenvalue weighted by Gasteiger charge is -2.21. The summed E-state index contributed by atoms with van der Waals surface area (Å²) in [5.41, 5.74) is 0.667. The van der Waals surface area contributed by atoms with Crippen molar-refractivity contribution >= 4 is 29.9 Å². The lowest BCUT2D eigenvalue weighted by Crippen LogP contribution is -2.40. The number of rotatable bonds is 9. The summed E-state index contributed by atoms with van der Waals surface area (Å²) < 4.78 is 40.4. The largest absolute Gasteiger partial charge is 0.493 e. The van der Waals surface area contributed by atoms with Crippen LogP contribution in [0.1, 0.15) is 32.3 Å². The first-order chi connectivity index (χ1) is 13.0. The third kappa shape index (κ3) is 7.94. The molecule has 6 nitrogen and oxygen atoms in total. The van der Waals surface area contributed by atoms with Crippen molar-refractivity contribution < 1.29 is 23.0 Å². The van der Waals surface area contributed by atoms with Gasteiger partial charge < -0.3 is 24.8 Å². The molecule has 1 aromatic carbocycles. The molecule has 28 heavy (non-hydrogen) atoms. The van der Waals surface area contributed by atoms with Crippen LogP contribution in [0, 0.1) is 0 Å². The van der Waals surface area contributed by atoms with E-state index >= 15 is 0 Å². The molecule has 1 saturated heterocycles. The number of benzene rings is 1. The SMILES string of the molecule is CCNC(=NCC1(C)CCCO1)NCCc1ccc(OC)c(OC(F)F)c1.I. The standard InChI is InChI=1S/C19H29F2N3O3.HI/c1-4-22-18(24-13-19(2)9-5-11-26-19)23-10-8-14-6-7-15(25-3)16(12-14)27-17(20)21;/h6-7,12,17H,4-5,8-11,13H2,1-3H3,(H2,22,23,24);1H. The lowest BCUT2D eigenvalue weighted by molar-refractivity contribution is -0.0512. The molecule has 0 radical (unpaired) electrons. The van der Waals surface area contributed by atoms with Crippen LogP contribution in [0.5, 0.6) is 11.5 Å². The zero-order valence-electron chi connectivity index (χ0n) is 16.6. The molecule has 1 aliphatic rings. The van der Waals surface area contributed by atoms with Crippen molar-refractivity contribution in [1.29, 1.82) is 0 Å². The molecule has 0 aliphatic carbocycles. The van der Waals surface area contributed by atoms with Gasteiger partial charge in [-0.1, -0.05) is 6.07 Å². The highest BCUT2D eigenvalue weighted by atomic mass is 127. The van der Waals surface area contributed by atoms with Gasteiger partial charge in [0.1, 0.15) is 0 Å². The number of guanidine groups is 1. The van der Waals surface area contributed by atoms with Crippen molar-refractivity contribution in [2.45, 2.75) is 45.3 Å². The second-order valence-corrected chi connectivity index (χ2v) is 6.64. The molecule has 1 heterocycles. The van der Waals surface area contributed by atoms with Crippen LogP contribution < -0.4 is 20.1 Å². The van der Waals surface area contributed by atoms with E-state index in [0.29, 0.717) is 25.5 Å². The smallest absolute Gasteiger partial charge is 0.387 e. The molecule has 1 aromatic rings. The van der Waals surface area contributed by atoms with E-state index < -0.39 is 6.61 Å². The Balaban J connectivity index is 0.00000392. The van der Waals surface area contributed by atoms with Gasteiger partial charge in [0.2, 0.25) is 0 Å². The van der Waals surface area contributed by atoms with Crippen molar-refractivity contribution in [3.63, 3.8) is 0 Å². The summed E-state index contributed by atoms with van der Waals surface area (Å²) in [5.74, 6) is 1.04. The number of aliphatic imine (C=N–C) groups is 1. The first kappa shape index (κ1) is 24.7. The number of hydrogen-bond acceptors (Lipinski definition) is 4. The second-order valence-electron chi connectivity index (χ2n) is 6.64. The zero-order valence-corrected chi connectivity index (χ0v) is 18.9. The summed E-state index contributed by atoms with van der Waals surface area (Å²) in [5, 5.41) is 6.47. The molecular formula is C19H30F2IN3O3. The van der Waals surface area contributed by atoms with Crippen molar-refractivity contribution in [1.82, 2.24) is 10.6 Å². The lowest BCUT2D eigenvalue weighted by atomic mass is 10.0. The first-order valence-electron chi connectivity index (χ1n) is 9.23. The Hall–Kier alpha value is -1.36. The zero-order chi connectivity index (χ0) is 19.7. The Morgan fingerprint density at radius 1 is 1.32 bits per heavy atom. The third-order valence-electron chi connectivity index (χ3n) is 4.37. The number of hydrogen-bond donors (Lipinski definition) is 2. The maximum atomic E-state index is 12.5. The van der Waals surface area contributed by atoms with E-state index in [1.807, 2.05) is 13.0 Å². The highest BCUT2D eigenvalue weighted by Crippen LogP contribution is 2.29. The summed E-state index contributed by atoms with van der Waals surface area (Å²) in [7, 11) is 1.42. The van der Waals surface area contributed by atoms with Gasteiger partial charge >= 0.3 is 6.61 Å². The minimum absolute atomic E-state index is 0. The Morgan fingerprint density at radius 2 is 2.11 bits per heavy atom. The molecule has 0 spiro atoms. The van der Waals surface area contributed by atoms with Crippen LogP contribution in [0.4, 0.5) is 8.78 Å². The molecule has 1 unspecified atom stereocenters. The van der Waals surface area contributed by atoms with E-state index in [9.17, 15) is 8.78 Å². The second kappa shape index (κ2) is 12.3. The van der Waals surface area contributed by atoms with E-state index in [1.54, 1.807) is 12.1 Å². The summed E-state index contributed by atoms with van der Waals surface area (Å²) in [6.07, 6.45) is 2.70. The maximum Gasteiger partial charge on any atom is 0.387 e. The van der Waals surface area contributed by atoms with Gasteiger partial charge in [0.05, 0.1) is 19.3 Å². The number of methoxy groups -OCH3 is 1. The number of halogens is 3. The Bertz CT molecular complexity index is 626. The van der Waals surface area contributed by atoms with Crippen LogP contribution in [0.15, 0.2) is 23.2 Å². The Morgan fingerprint density at radius 3 is 2.71 bits per heavy atom. The monoisotopic (exact) mass is 513 g/mol. The average molecular weight is 513 g/mol. The van der Waals surface area contributed by atoms with E-state index in [2.05, 4.69) is 27.3 Å². The molecule has 0 saturated carbocycles. The van der Waals surface area contributed by atoms with Gasteiger partial charge in [-0.3, -0.25) is 4.99 Å². The average Bonchev–Trinajstić information content (AvgIpc) is 3.06. The van der Waals surface area contributed by atoms with Gasteiger partial charge in [-0.2, -0.15) is 8.78 Å². The predicted molar refractivity (Wildman–Crippen MR) is 116 cm³/mol. The number of alkyl halides is 2. The highest BCUT2D eigenvalue weighted by Gasteiger charge is 2.29. The van der Waals surface area contributed by atoms with Gasteiger partial charge in [0.25, 0.3) is 0 Å². The van der Waals surface area contributed by atoms with Gasteiger partial charge in [0, 0.05) is 19.7 Å². The van der Waals surface area contributed by atoms with Gasteiger partial charge in [-0.25, -0.2) is 0 Å². The summed E-state index contributed by atoms with van der Waals surface area (Å²) in [4.78, 5) is 4.61. The summed E-state index contributed by atoms with van der Waals surface area (Å²) in [6.45, 7) is 3.92. The fraction of sp³-hybridized carbons (Fsp3) is 0.632.